The Labute approximate surface area is 212 Å². The molecule has 0 aromatic carbocycles. The average Bonchev–Trinajstić information content (AvgIpc) is 2.77. The summed E-state index contributed by atoms with van der Waals surface area (Å²) >= 11 is 6.33. The van der Waals surface area contributed by atoms with Crippen molar-refractivity contribution in [2.45, 2.75) is 76.6 Å². The van der Waals surface area contributed by atoms with Crippen molar-refractivity contribution in [3.8, 4) is 0 Å². The molecule has 7 nitrogen and oxygen atoms in total. The molecule has 0 aromatic heterocycles. The van der Waals surface area contributed by atoms with Gasteiger partial charge in [0, 0.05) is 37.4 Å². The van der Waals surface area contributed by atoms with Crippen LogP contribution in [0.1, 0.15) is 65.2 Å². The van der Waals surface area contributed by atoms with Crippen molar-refractivity contribution in [1.82, 2.24) is 10.2 Å². The van der Waals surface area contributed by atoms with Crippen LogP contribution in [0.4, 0.5) is 0 Å². The summed E-state index contributed by atoms with van der Waals surface area (Å²) in [5, 5.41) is 4.39. The first-order chi connectivity index (χ1) is 15.0. The van der Waals surface area contributed by atoms with E-state index in [1.54, 1.807) is 14.2 Å². The molecule has 0 bridgehead atoms. The van der Waals surface area contributed by atoms with E-state index >= 15 is 0 Å². The Morgan fingerprint density at radius 2 is 1.62 bits per heavy atom. The van der Waals surface area contributed by atoms with Gasteiger partial charge in [-0.3, -0.25) is 0 Å². The predicted molar refractivity (Wildman–Crippen MR) is 141 cm³/mol. The van der Waals surface area contributed by atoms with Crippen molar-refractivity contribution in [3.05, 3.63) is 11.8 Å². The molecule has 1 saturated heterocycles. The van der Waals surface area contributed by atoms with Crippen LogP contribution in [0, 0.1) is 29.6 Å². The monoisotopic (exact) mass is 508 g/mol. The third-order valence-electron chi connectivity index (χ3n) is 8.12. The fourth-order valence-corrected chi connectivity index (χ4v) is 6.35. The van der Waals surface area contributed by atoms with Gasteiger partial charge >= 0.3 is 0 Å². The van der Waals surface area contributed by atoms with E-state index in [0.717, 1.165) is 37.2 Å². The second kappa shape index (κ2) is 17.1. The molecule has 3 aliphatic rings. The zero-order valence-corrected chi connectivity index (χ0v) is 22.7. The SMILES string of the molecule is COCC1C=C(OC)CC(CN[C@@H](CN2CCC(C3CCC(Cl)CC3)CC2)C(C)C)C1.O.O.O. The van der Waals surface area contributed by atoms with Crippen LogP contribution in [0.3, 0.4) is 0 Å². The molecule has 2 fully saturated rings. The summed E-state index contributed by atoms with van der Waals surface area (Å²) in [6.45, 7) is 10.3. The molecule has 0 aromatic rings. The summed E-state index contributed by atoms with van der Waals surface area (Å²) in [5.41, 5.74) is 0. The quantitative estimate of drug-likeness (QED) is 0.455. The lowest BCUT2D eigenvalue weighted by Crippen LogP contribution is -2.48. The number of halogens is 1. The van der Waals surface area contributed by atoms with Crippen molar-refractivity contribution < 1.29 is 25.9 Å². The average molecular weight is 509 g/mol. The highest BCUT2D eigenvalue weighted by Crippen LogP contribution is 2.37. The van der Waals surface area contributed by atoms with E-state index < -0.39 is 0 Å². The molecule has 3 rings (SSSR count). The number of likely N-dealkylation sites (tertiary alicyclic amines) is 1. The van der Waals surface area contributed by atoms with Crippen LogP contribution in [0.5, 0.6) is 0 Å². The van der Waals surface area contributed by atoms with Crippen LogP contribution in [-0.2, 0) is 9.47 Å². The van der Waals surface area contributed by atoms with Crippen molar-refractivity contribution in [1.29, 1.82) is 0 Å². The highest BCUT2D eigenvalue weighted by molar-refractivity contribution is 6.20. The number of hydrogen-bond acceptors (Lipinski definition) is 4. The first-order valence-electron chi connectivity index (χ1n) is 12.8. The standard InChI is InChI=1S/C26H47ClN2O2.3H2O/c1-19(2)26(28-16-20-13-21(18-30-3)15-25(14-20)31-4)17-29-11-9-23(10-12-29)22-5-7-24(27)8-6-22;;;/h15,19-24,26,28H,5-14,16-18H2,1-4H3;3*1H2/t20?,21?,22?,24?,26-;;;/m0.../s1. The van der Waals surface area contributed by atoms with Gasteiger partial charge in [0.05, 0.1) is 19.5 Å². The fraction of sp³-hybridized carbons (Fsp3) is 0.923. The maximum Gasteiger partial charge on any atom is 0.0922 e. The summed E-state index contributed by atoms with van der Waals surface area (Å²) in [6.07, 6.45) is 12.5. The number of nitrogens with one attached hydrogen (secondary N) is 1. The van der Waals surface area contributed by atoms with Crippen LogP contribution in [0.15, 0.2) is 11.8 Å². The maximum atomic E-state index is 6.33. The third kappa shape index (κ3) is 10.3. The normalized spacial score (nSPS) is 29.3. The summed E-state index contributed by atoms with van der Waals surface area (Å²) in [6, 6.07) is 0.556. The van der Waals surface area contributed by atoms with Gasteiger partial charge in [0.2, 0.25) is 0 Å². The van der Waals surface area contributed by atoms with Crippen molar-refractivity contribution >= 4 is 11.6 Å². The molecule has 204 valence electrons. The van der Waals surface area contributed by atoms with Gasteiger partial charge in [-0.1, -0.05) is 13.8 Å². The smallest absolute Gasteiger partial charge is 0.0922 e. The minimum Gasteiger partial charge on any atom is -0.501 e. The van der Waals surface area contributed by atoms with Gasteiger partial charge in [-0.15, -0.1) is 11.6 Å². The molecular weight excluding hydrogens is 456 g/mol. The van der Waals surface area contributed by atoms with Gasteiger partial charge in [-0.05, 0) is 94.3 Å². The minimum atomic E-state index is 0. The zero-order valence-electron chi connectivity index (χ0n) is 22.0. The summed E-state index contributed by atoms with van der Waals surface area (Å²) in [7, 11) is 3.59. The van der Waals surface area contributed by atoms with Gasteiger partial charge < -0.3 is 36.1 Å². The number of allylic oxidation sites excluding steroid dienone is 1. The van der Waals surface area contributed by atoms with Gasteiger partial charge in [0.1, 0.15) is 0 Å². The van der Waals surface area contributed by atoms with E-state index in [1.807, 2.05) is 0 Å². The minimum absolute atomic E-state index is 0. The van der Waals surface area contributed by atoms with Crippen molar-refractivity contribution in [2.75, 3.05) is 47.0 Å². The fourth-order valence-electron chi connectivity index (χ4n) is 6.10. The molecule has 1 aliphatic heterocycles. The molecule has 34 heavy (non-hydrogen) atoms. The topological polar surface area (TPSA) is 128 Å². The molecule has 0 spiro atoms. The van der Waals surface area contributed by atoms with Crippen LogP contribution >= 0.6 is 11.6 Å². The molecule has 1 heterocycles. The molecule has 8 heteroatoms. The number of ether oxygens (including phenoxy) is 2. The Balaban J connectivity index is 0.00000363. The molecule has 2 aliphatic carbocycles. The van der Waals surface area contributed by atoms with Crippen LogP contribution in [-0.4, -0.2) is 79.8 Å². The van der Waals surface area contributed by atoms with Crippen LogP contribution < -0.4 is 5.32 Å². The van der Waals surface area contributed by atoms with Gasteiger partial charge in [0.15, 0.2) is 0 Å². The Kier molecular flexibility index (Phi) is 16.9. The number of rotatable bonds is 10. The largest absolute Gasteiger partial charge is 0.501 e. The van der Waals surface area contributed by atoms with Crippen LogP contribution in [0.2, 0.25) is 0 Å². The molecule has 0 radical (unpaired) electrons. The number of methoxy groups -OCH3 is 2. The number of hydrogen-bond donors (Lipinski definition) is 1. The highest BCUT2D eigenvalue weighted by Gasteiger charge is 2.31. The van der Waals surface area contributed by atoms with Gasteiger partial charge in [0.25, 0.3) is 0 Å². The molecule has 1 saturated carbocycles. The first-order valence-corrected chi connectivity index (χ1v) is 13.3. The van der Waals surface area contributed by atoms with E-state index in [1.165, 1.54) is 64.6 Å². The summed E-state index contributed by atoms with van der Waals surface area (Å²) in [4.78, 5) is 2.72. The Morgan fingerprint density at radius 1 is 1.00 bits per heavy atom. The second-order valence-corrected chi connectivity index (χ2v) is 11.4. The number of nitrogens with zero attached hydrogens (tertiary/aromatic N) is 1. The molecule has 2 unspecified atom stereocenters. The highest BCUT2D eigenvalue weighted by atomic mass is 35.5. The van der Waals surface area contributed by atoms with Crippen LogP contribution in [0.25, 0.3) is 0 Å². The number of piperidine rings is 1. The summed E-state index contributed by atoms with van der Waals surface area (Å²) in [5.74, 6) is 4.75. The lowest BCUT2D eigenvalue weighted by Gasteiger charge is -2.40. The van der Waals surface area contributed by atoms with E-state index in [2.05, 4.69) is 30.1 Å². The third-order valence-corrected chi connectivity index (χ3v) is 8.56. The van der Waals surface area contributed by atoms with E-state index in [0.29, 0.717) is 29.2 Å². The van der Waals surface area contributed by atoms with Crippen molar-refractivity contribution in [2.24, 2.45) is 29.6 Å². The Bertz CT molecular complexity index is 549. The van der Waals surface area contributed by atoms with Gasteiger partial charge in [-0.25, -0.2) is 0 Å². The lowest BCUT2D eigenvalue weighted by molar-refractivity contribution is 0.110. The maximum absolute atomic E-state index is 6.33. The summed E-state index contributed by atoms with van der Waals surface area (Å²) < 4.78 is 11.0. The number of alkyl halides is 1. The lowest BCUT2D eigenvalue weighted by atomic mass is 9.75. The Hall–Kier alpha value is -0.410. The first kappa shape index (κ1) is 33.6. The molecule has 7 N–H and O–H groups in total. The van der Waals surface area contributed by atoms with E-state index in [-0.39, 0.29) is 16.4 Å². The van der Waals surface area contributed by atoms with Gasteiger partial charge in [-0.2, -0.15) is 0 Å². The Morgan fingerprint density at radius 3 is 2.18 bits per heavy atom. The predicted octanol–water partition coefficient (Wildman–Crippen LogP) is 2.84. The molecule has 3 atom stereocenters. The van der Waals surface area contributed by atoms with E-state index in [9.17, 15) is 0 Å². The molecule has 0 amide bonds. The zero-order chi connectivity index (χ0) is 22.2. The van der Waals surface area contributed by atoms with Crippen molar-refractivity contribution in [3.63, 3.8) is 0 Å². The molecular formula is C26H53ClN2O5. The second-order valence-electron chi connectivity index (χ2n) is 10.8. The van der Waals surface area contributed by atoms with E-state index in [4.69, 9.17) is 21.1 Å².